The fourth-order valence-electron chi connectivity index (χ4n) is 3.30. The van der Waals surface area contributed by atoms with Crippen LogP contribution in [-0.4, -0.2) is 28.3 Å². The van der Waals surface area contributed by atoms with E-state index in [9.17, 15) is 9.59 Å². The summed E-state index contributed by atoms with van der Waals surface area (Å²) < 4.78 is 3.10. The van der Waals surface area contributed by atoms with E-state index < -0.39 is 0 Å². The highest BCUT2D eigenvalue weighted by atomic mass is 16.1. The molecule has 0 atom stereocenters. The zero-order chi connectivity index (χ0) is 19.3. The van der Waals surface area contributed by atoms with Crippen molar-refractivity contribution < 1.29 is 0 Å². The smallest absolute Gasteiger partial charge is 0.278 e. The zero-order valence-electron chi connectivity index (χ0n) is 15.7. The molecule has 0 spiro atoms. The second kappa shape index (κ2) is 6.09. The van der Waals surface area contributed by atoms with Crippen LogP contribution >= 0.6 is 0 Å². The predicted octanol–water partition coefficient (Wildman–Crippen LogP) is 2.52. The molecule has 0 aliphatic rings. The summed E-state index contributed by atoms with van der Waals surface area (Å²) in [6.07, 6.45) is 3.42. The van der Waals surface area contributed by atoms with Gasteiger partial charge < -0.3 is 5.01 Å². The van der Waals surface area contributed by atoms with Crippen molar-refractivity contribution in [3.8, 4) is 5.69 Å². The van der Waals surface area contributed by atoms with Gasteiger partial charge in [-0.15, -0.1) is 0 Å². The summed E-state index contributed by atoms with van der Waals surface area (Å²) in [5.74, 6) is 0. The average molecular weight is 360 g/mol. The summed E-state index contributed by atoms with van der Waals surface area (Å²) >= 11 is 0. The van der Waals surface area contributed by atoms with Crippen molar-refractivity contribution in [3.63, 3.8) is 0 Å². The average Bonchev–Trinajstić information content (AvgIpc) is 2.63. The van der Waals surface area contributed by atoms with Crippen molar-refractivity contribution >= 4 is 21.8 Å². The first-order valence-corrected chi connectivity index (χ1v) is 8.70. The fourth-order valence-corrected chi connectivity index (χ4v) is 3.30. The van der Waals surface area contributed by atoms with Crippen molar-refractivity contribution in [3.05, 3.63) is 80.6 Å². The molecule has 3 aromatic heterocycles. The Balaban J connectivity index is 2.06. The topological polar surface area (TPSA) is 60.1 Å². The molecule has 6 nitrogen and oxygen atoms in total. The van der Waals surface area contributed by atoms with Crippen LogP contribution in [-0.2, 0) is 0 Å². The molecular formula is C21H20N4O2. The molecule has 4 rings (SSSR count). The molecule has 27 heavy (non-hydrogen) atoms. The van der Waals surface area contributed by atoms with Crippen LogP contribution in [0.1, 0.15) is 11.1 Å². The maximum absolute atomic E-state index is 13.2. The summed E-state index contributed by atoms with van der Waals surface area (Å²) in [5.41, 5.74) is 3.69. The first-order valence-electron chi connectivity index (χ1n) is 8.70. The number of hydrogen-bond acceptors (Lipinski definition) is 4. The van der Waals surface area contributed by atoms with Gasteiger partial charge in [0, 0.05) is 26.5 Å². The van der Waals surface area contributed by atoms with Crippen LogP contribution in [0.4, 0.5) is 0 Å². The Hall–Kier alpha value is -3.41. The molecule has 1 aromatic carbocycles. The second-order valence-corrected chi connectivity index (χ2v) is 6.95. The van der Waals surface area contributed by atoms with Crippen molar-refractivity contribution in [1.82, 2.24) is 14.2 Å². The zero-order valence-corrected chi connectivity index (χ0v) is 15.7. The summed E-state index contributed by atoms with van der Waals surface area (Å²) in [5, 5.41) is 2.54. The van der Waals surface area contributed by atoms with Crippen LogP contribution in [0.15, 0.2) is 58.4 Å². The Morgan fingerprint density at radius 3 is 2.22 bits per heavy atom. The summed E-state index contributed by atoms with van der Waals surface area (Å²) in [6, 6.07) is 11.3. The quantitative estimate of drug-likeness (QED) is 0.516. The molecule has 0 aliphatic carbocycles. The van der Waals surface area contributed by atoms with Crippen LogP contribution < -0.4 is 16.1 Å². The maximum Gasteiger partial charge on any atom is 0.278 e. The van der Waals surface area contributed by atoms with Crippen LogP contribution in [0.25, 0.3) is 27.5 Å². The Labute approximate surface area is 155 Å². The van der Waals surface area contributed by atoms with Gasteiger partial charge in [0.2, 0.25) is 0 Å². The number of benzene rings is 1. The van der Waals surface area contributed by atoms with Crippen molar-refractivity contribution in [2.45, 2.75) is 13.8 Å². The van der Waals surface area contributed by atoms with Gasteiger partial charge in [-0.2, -0.15) is 0 Å². The van der Waals surface area contributed by atoms with Gasteiger partial charge in [-0.05, 0) is 49.2 Å². The van der Waals surface area contributed by atoms with Crippen LogP contribution in [0.3, 0.4) is 0 Å². The first kappa shape index (κ1) is 17.0. The lowest BCUT2D eigenvalue weighted by Crippen LogP contribution is -2.35. The minimum atomic E-state index is -0.201. The standard InChI is InChI=1S/C21H20N4O2/c1-13-5-6-14(2)19(11-13)24-9-7-17-15(20(24)26)12-16-18(22-17)8-10-25(21(16)27)23(3)4/h5-12H,1-4H3. The van der Waals surface area contributed by atoms with Crippen molar-refractivity contribution in [2.75, 3.05) is 19.1 Å². The lowest BCUT2D eigenvalue weighted by Gasteiger charge is -2.16. The minimum Gasteiger partial charge on any atom is -0.316 e. The normalized spacial score (nSPS) is 11.3. The molecule has 0 saturated carbocycles. The van der Waals surface area contributed by atoms with Crippen LogP contribution in [0, 0.1) is 13.8 Å². The predicted molar refractivity (Wildman–Crippen MR) is 109 cm³/mol. The van der Waals surface area contributed by atoms with Gasteiger partial charge in [0.25, 0.3) is 11.1 Å². The lowest BCUT2D eigenvalue weighted by atomic mass is 10.1. The molecule has 0 N–H and O–H groups in total. The molecule has 0 saturated heterocycles. The van der Waals surface area contributed by atoms with E-state index in [4.69, 9.17) is 0 Å². The summed E-state index contributed by atoms with van der Waals surface area (Å²) in [4.78, 5) is 30.5. The van der Waals surface area contributed by atoms with Crippen molar-refractivity contribution in [2.24, 2.45) is 0 Å². The van der Waals surface area contributed by atoms with E-state index in [-0.39, 0.29) is 11.1 Å². The molecule has 0 amide bonds. The second-order valence-electron chi connectivity index (χ2n) is 6.95. The highest BCUT2D eigenvalue weighted by molar-refractivity contribution is 5.91. The molecular weight excluding hydrogens is 340 g/mol. The largest absolute Gasteiger partial charge is 0.316 e. The van der Waals surface area contributed by atoms with Gasteiger partial charge in [0.05, 0.1) is 27.5 Å². The third kappa shape index (κ3) is 2.70. The number of rotatable bonds is 2. The lowest BCUT2D eigenvalue weighted by molar-refractivity contribution is 0.706. The van der Waals surface area contributed by atoms with E-state index in [1.807, 2.05) is 38.1 Å². The molecule has 0 bridgehead atoms. The molecule has 0 unspecified atom stereocenters. The van der Waals surface area contributed by atoms with Gasteiger partial charge in [-0.25, -0.2) is 9.66 Å². The Bertz CT molecular complexity index is 1320. The highest BCUT2D eigenvalue weighted by Gasteiger charge is 2.12. The molecule has 0 aliphatic heterocycles. The number of aryl methyl sites for hydroxylation is 2. The van der Waals surface area contributed by atoms with Crippen molar-refractivity contribution in [1.29, 1.82) is 0 Å². The Morgan fingerprint density at radius 1 is 0.852 bits per heavy atom. The number of nitrogens with zero attached hydrogens (tertiary/aromatic N) is 4. The SMILES string of the molecule is Cc1ccc(C)c(-n2ccc3nc4ccn(N(C)C)c(=O)c4cc3c2=O)c1. The highest BCUT2D eigenvalue weighted by Crippen LogP contribution is 2.18. The van der Waals surface area contributed by atoms with Gasteiger partial charge in [0.1, 0.15) is 0 Å². The van der Waals surface area contributed by atoms with Crippen LogP contribution in [0.5, 0.6) is 0 Å². The maximum atomic E-state index is 13.2. The van der Waals surface area contributed by atoms with Gasteiger partial charge in [0.15, 0.2) is 0 Å². The summed E-state index contributed by atoms with van der Waals surface area (Å²) in [7, 11) is 3.57. The monoisotopic (exact) mass is 360 g/mol. The van der Waals surface area contributed by atoms with Gasteiger partial charge >= 0.3 is 0 Å². The first-order chi connectivity index (χ1) is 12.9. The third-order valence-corrected chi connectivity index (χ3v) is 4.78. The minimum absolute atomic E-state index is 0.185. The van der Waals surface area contributed by atoms with E-state index in [0.717, 1.165) is 16.8 Å². The van der Waals surface area contributed by atoms with Gasteiger partial charge in [-0.1, -0.05) is 12.1 Å². The van der Waals surface area contributed by atoms with E-state index >= 15 is 0 Å². The fraction of sp³-hybridized carbons (Fsp3) is 0.190. The third-order valence-electron chi connectivity index (χ3n) is 4.78. The van der Waals surface area contributed by atoms with E-state index in [2.05, 4.69) is 4.98 Å². The molecule has 4 aromatic rings. The van der Waals surface area contributed by atoms with Crippen LogP contribution in [0.2, 0.25) is 0 Å². The molecule has 136 valence electrons. The number of hydrogen-bond donors (Lipinski definition) is 0. The molecule has 0 radical (unpaired) electrons. The number of pyridine rings is 3. The summed E-state index contributed by atoms with van der Waals surface area (Å²) in [6.45, 7) is 3.97. The van der Waals surface area contributed by atoms with Gasteiger partial charge in [-0.3, -0.25) is 14.2 Å². The van der Waals surface area contributed by atoms with E-state index in [1.54, 1.807) is 48.2 Å². The molecule has 3 heterocycles. The number of aromatic nitrogens is 3. The van der Waals surface area contributed by atoms with E-state index in [1.165, 1.54) is 4.68 Å². The Kier molecular flexibility index (Phi) is 3.84. The molecule has 6 heteroatoms. The number of fused-ring (bicyclic) bond motifs is 2. The molecule has 0 fully saturated rings. The van der Waals surface area contributed by atoms with E-state index in [0.29, 0.717) is 21.8 Å². The Morgan fingerprint density at radius 2 is 1.52 bits per heavy atom.